The van der Waals surface area contributed by atoms with E-state index in [9.17, 15) is 0 Å². The van der Waals surface area contributed by atoms with Crippen LogP contribution in [0.3, 0.4) is 0 Å². The molecular formula is C15H24NO2+. The number of quaternary nitrogens is 1. The Morgan fingerprint density at radius 3 is 2.50 bits per heavy atom. The molecule has 0 unspecified atom stereocenters. The van der Waals surface area contributed by atoms with E-state index in [0.717, 1.165) is 24.5 Å². The van der Waals surface area contributed by atoms with Crippen LogP contribution in [0.5, 0.6) is 11.5 Å². The van der Waals surface area contributed by atoms with Crippen LogP contribution in [-0.2, 0) is 0 Å². The van der Waals surface area contributed by atoms with Gasteiger partial charge >= 0.3 is 0 Å². The number of likely N-dealkylation sites (tertiary alicyclic amines) is 1. The molecule has 18 heavy (non-hydrogen) atoms. The van der Waals surface area contributed by atoms with Crippen molar-refractivity contribution in [1.29, 1.82) is 0 Å². The lowest BCUT2D eigenvalue weighted by atomic mass is 10.1. The van der Waals surface area contributed by atoms with Gasteiger partial charge in [0.1, 0.15) is 0 Å². The van der Waals surface area contributed by atoms with Crippen molar-refractivity contribution in [2.45, 2.75) is 25.7 Å². The maximum Gasteiger partial charge on any atom is 0.161 e. The lowest BCUT2D eigenvalue weighted by Gasteiger charge is -2.23. The zero-order chi connectivity index (χ0) is 12.6. The molecule has 0 atom stereocenters. The van der Waals surface area contributed by atoms with E-state index in [2.05, 4.69) is 0 Å². The highest BCUT2D eigenvalue weighted by Gasteiger charge is 2.12. The SMILES string of the molecule is COc1ccccc1OCCC[NH+]1CCCCC1. The van der Waals surface area contributed by atoms with Crippen LogP contribution < -0.4 is 14.4 Å². The van der Waals surface area contributed by atoms with Crippen molar-refractivity contribution in [1.82, 2.24) is 0 Å². The standard InChI is InChI=1S/C15H23NO2/c1-17-14-8-3-4-9-15(14)18-13-7-12-16-10-5-2-6-11-16/h3-4,8-9H,2,5-7,10-13H2,1H3/p+1. The molecule has 1 aromatic rings. The predicted octanol–water partition coefficient (Wildman–Crippen LogP) is 1.53. The molecule has 1 fully saturated rings. The monoisotopic (exact) mass is 250 g/mol. The van der Waals surface area contributed by atoms with Gasteiger partial charge in [0.15, 0.2) is 11.5 Å². The van der Waals surface area contributed by atoms with Gasteiger partial charge < -0.3 is 14.4 Å². The summed E-state index contributed by atoms with van der Waals surface area (Å²) < 4.78 is 11.0. The molecule has 0 radical (unpaired) electrons. The fraction of sp³-hybridized carbons (Fsp3) is 0.600. The summed E-state index contributed by atoms with van der Waals surface area (Å²) in [6, 6.07) is 7.84. The quantitative estimate of drug-likeness (QED) is 0.774. The molecule has 1 saturated heterocycles. The van der Waals surface area contributed by atoms with E-state index in [1.54, 1.807) is 12.0 Å². The van der Waals surface area contributed by atoms with Gasteiger partial charge in [-0.15, -0.1) is 0 Å². The Labute approximate surface area is 110 Å². The Morgan fingerprint density at radius 1 is 1.06 bits per heavy atom. The second-order valence-electron chi connectivity index (χ2n) is 4.91. The van der Waals surface area contributed by atoms with E-state index in [1.165, 1.54) is 38.9 Å². The van der Waals surface area contributed by atoms with E-state index in [1.807, 2.05) is 24.3 Å². The van der Waals surface area contributed by atoms with Gasteiger partial charge in [-0.05, 0) is 31.4 Å². The van der Waals surface area contributed by atoms with Crippen molar-refractivity contribution in [3.8, 4) is 11.5 Å². The Morgan fingerprint density at radius 2 is 1.78 bits per heavy atom. The van der Waals surface area contributed by atoms with Crippen LogP contribution in [0.2, 0.25) is 0 Å². The second-order valence-corrected chi connectivity index (χ2v) is 4.91. The lowest BCUT2D eigenvalue weighted by molar-refractivity contribution is -0.905. The average molecular weight is 250 g/mol. The zero-order valence-corrected chi connectivity index (χ0v) is 11.3. The summed E-state index contributed by atoms with van der Waals surface area (Å²) in [5, 5.41) is 0. The van der Waals surface area contributed by atoms with E-state index < -0.39 is 0 Å². The minimum absolute atomic E-state index is 0.782. The molecule has 0 bridgehead atoms. The molecule has 100 valence electrons. The van der Waals surface area contributed by atoms with Crippen LogP contribution in [0.25, 0.3) is 0 Å². The first-order chi connectivity index (χ1) is 8.90. The number of benzene rings is 1. The molecule has 3 nitrogen and oxygen atoms in total. The first-order valence-electron chi connectivity index (χ1n) is 6.99. The fourth-order valence-electron chi connectivity index (χ4n) is 2.54. The molecular weight excluding hydrogens is 226 g/mol. The number of ether oxygens (including phenoxy) is 2. The fourth-order valence-corrected chi connectivity index (χ4v) is 2.54. The third-order valence-corrected chi connectivity index (χ3v) is 3.56. The van der Waals surface area contributed by atoms with E-state index in [0.29, 0.717) is 0 Å². The number of methoxy groups -OCH3 is 1. The summed E-state index contributed by atoms with van der Waals surface area (Å²) in [4.78, 5) is 1.74. The van der Waals surface area contributed by atoms with Crippen molar-refractivity contribution in [2.24, 2.45) is 0 Å². The molecule has 3 heteroatoms. The van der Waals surface area contributed by atoms with E-state index >= 15 is 0 Å². The van der Waals surface area contributed by atoms with E-state index in [-0.39, 0.29) is 0 Å². The highest BCUT2D eigenvalue weighted by atomic mass is 16.5. The normalized spacial score (nSPS) is 16.5. The number of hydrogen-bond donors (Lipinski definition) is 1. The molecule has 0 aromatic heterocycles. The van der Waals surface area contributed by atoms with Crippen molar-refractivity contribution in [3.63, 3.8) is 0 Å². The molecule has 1 aliphatic heterocycles. The van der Waals surface area contributed by atoms with Crippen molar-refractivity contribution in [3.05, 3.63) is 24.3 Å². The van der Waals surface area contributed by atoms with Crippen LogP contribution in [0.4, 0.5) is 0 Å². The molecule has 1 aromatic carbocycles. The summed E-state index contributed by atoms with van der Waals surface area (Å²) in [6.45, 7) is 4.70. The molecule has 2 rings (SSSR count). The third-order valence-electron chi connectivity index (χ3n) is 3.56. The summed E-state index contributed by atoms with van der Waals surface area (Å²) in [6.07, 6.45) is 5.32. The number of nitrogens with one attached hydrogen (secondary N) is 1. The van der Waals surface area contributed by atoms with Gasteiger partial charge in [-0.3, -0.25) is 0 Å². The van der Waals surface area contributed by atoms with Gasteiger partial charge in [-0.25, -0.2) is 0 Å². The lowest BCUT2D eigenvalue weighted by Crippen LogP contribution is -3.12. The van der Waals surface area contributed by atoms with Crippen LogP contribution in [0.15, 0.2) is 24.3 Å². The van der Waals surface area contributed by atoms with E-state index in [4.69, 9.17) is 9.47 Å². The second kappa shape index (κ2) is 7.27. The average Bonchev–Trinajstić information content (AvgIpc) is 2.45. The minimum atomic E-state index is 0.782. The van der Waals surface area contributed by atoms with Crippen molar-refractivity contribution in [2.75, 3.05) is 33.4 Å². The first kappa shape index (κ1) is 13.2. The van der Waals surface area contributed by atoms with Gasteiger partial charge in [0, 0.05) is 6.42 Å². The third kappa shape index (κ3) is 3.91. The smallest absolute Gasteiger partial charge is 0.161 e. The summed E-state index contributed by atoms with van der Waals surface area (Å²) in [5.74, 6) is 1.68. The molecule has 0 spiro atoms. The molecule has 0 amide bonds. The molecule has 1 N–H and O–H groups in total. The maximum absolute atomic E-state index is 5.78. The topological polar surface area (TPSA) is 22.9 Å². The summed E-state index contributed by atoms with van der Waals surface area (Å²) >= 11 is 0. The van der Waals surface area contributed by atoms with Crippen LogP contribution >= 0.6 is 0 Å². The van der Waals surface area contributed by atoms with Gasteiger partial charge in [0.05, 0.1) is 33.4 Å². The number of para-hydroxylation sites is 2. The Kier molecular flexibility index (Phi) is 5.34. The molecule has 1 heterocycles. The summed E-state index contributed by atoms with van der Waals surface area (Å²) in [5.41, 5.74) is 0. The largest absolute Gasteiger partial charge is 0.493 e. The molecule has 0 aliphatic carbocycles. The Balaban J connectivity index is 1.68. The Bertz CT molecular complexity index is 348. The van der Waals surface area contributed by atoms with Gasteiger partial charge in [0.2, 0.25) is 0 Å². The van der Waals surface area contributed by atoms with Crippen molar-refractivity contribution < 1.29 is 14.4 Å². The van der Waals surface area contributed by atoms with Gasteiger partial charge in [-0.1, -0.05) is 12.1 Å². The minimum Gasteiger partial charge on any atom is -0.493 e. The highest BCUT2D eigenvalue weighted by Crippen LogP contribution is 2.25. The van der Waals surface area contributed by atoms with Crippen LogP contribution in [0, 0.1) is 0 Å². The molecule has 1 aliphatic rings. The Hall–Kier alpha value is -1.22. The highest BCUT2D eigenvalue weighted by molar-refractivity contribution is 5.39. The van der Waals surface area contributed by atoms with Crippen molar-refractivity contribution >= 4 is 0 Å². The van der Waals surface area contributed by atoms with Gasteiger partial charge in [0.25, 0.3) is 0 Å². The van der Waals surface area contributed by atoms with Gasteiger partial charge in [-0.2, -0.15) is 0 Å². The summed E-state index contributed by atoms with van der Waals surface area (Å²) in [7, 11) is 1.68. The molecule has 0 saturated carbocycles. The number of hydrogen-bond acceptors (Lipinski definition) is 2. The zero-order valence-electron chi connectivity index (χ0n) is 11.3. The number of piperidine rings is 1. The van der Waals surface area contributed by atoms with Crippen LogP contribution in [-0.4, -0.2) is 33.4 Å². The van der Waals surface area contributed by atoms with Crippen LogP contribution in [0.1, 0.15) is 25.7 Å². The number of rotatable bonds is 6. The first-order valence-corrected chi connectivity index (χ1v) is 6.99. The maximum atomic E-state index is 5.78. The predicted molar refractivity (Wildman–Crippen MR) is 72.5 cm³/mol.